The molecule has 0 fully saturated rings. The average molecular weight is 341 g/mol. The number of halogens is 2. The van der Waals surface area contributed by atoms with Crippen LogP contribution in [-0.4, -0.2) is 20.8 Å². The molecule has 0 aliphatic carbocycles. The van der Waals surface area contributed by atoms with Gasteiger partial charge in [-0.15, -0.1) is 0 Å². The van der Waals surface area contributed by atoms with Crippen molar-refractivity contribution in [3.63, 3.8) is 0 Å². The van der Waals surface area contributed by atoms with Crippen molar-refractivity contribution in [3.05, 3.63) is 56.7 Å². The van der Waals surface area contributed by atoms with Crippen molar-refractivity contribution in [1.82, 2.24) is 9.97 Å². The Morgan fingerprint density at radius 2 is 2.10 bits per heavy atom. The van der Waals surface area contributed by atoms with E-state index in [2.05, 4.69) is 31.2 Å². The molecular weight excluding hydrogens is 335 g/mol. The third-order valence-corrected chi connectivity index (χ3v) is 2.68. The molecule has 0 spiro atoms. The molecule has 0 atom stereocenters. The molecule has 1 aromatic carbocycles. The number of anilines is 1. The van der Waals surface area contributed by atoms with Gasteiger partial charge in [-0.05, 0) is 28.1 Å². The highest BCUT2D eigenvalue weighted by atomic mass is 79.9. The summed E-state index contributed by atoms with van der Waals surface area (Å²) in [6, 6.07) is 2.86. The molecule has 1 aromatic heterocycles. The summed E-state index contributed by atoms with van der Waals surface area (Å²) in [7, 11) is 0. The molecule has 2 rings (SSSR count). The lowest BCUT2D eigenvalue weighted by atomic mass is 10.2. The zero-order chi connectivity index (χ0) is 14.7. The lowest BCUT2D eigenvalue weighted by Crippen LogP contribution is -2.13. The monoisotopic (exact) mass is 340 g/mol. The van der Waals surface area contributed by atoms with E-state index in [1.807, 2.05) is 0 Å². The van der Waals surface area contributed by atoms with Gasteiger partial charge < -0.3 is 5.32 Å². The van der Waals surface area contributed by atoms with Crippen LogP contribution in [0.4, 0.5) is 15.9 Å². The zero-order valence-electron chi connectivity index (χ0n) is 9.71. The Hall–Kier alpha value is -2.42. The van der Waals surface area contributed by atoms with Crippen LogP contribution in [0.15, 0.2) is 35.2 Å². The van der Waals surface area contributed by atoms with Crippen molar-refractivity contribution < 1.29 is 14.1 Å². The van der Waals surface area contributed by atoms with Gasteiger partial charge in [0.15, 0.2) is 5.82 Å². The van der Waals surface area contributed by atoms with E-state index in [1.54, 1.807) is 0 Å². The van der Waals surface area contributed by atoms with Gasteiger partial charge in [0.1, 0.15) is 4.60 Å². The number of carbonyl (C=O) groups excluding carboxylic acids is 1. The molecule has 1 N–H and O–H groups in total. The van der Waals surface area contributed by atoms with Gasteiger partial charge in [0.05, 0.1) is 17.3 Å². The second-order valence-corrected chi connectivity index (χ2v) is 4.41. The van der Waals surface area contributed by atoms with Crippen molar-refractivity contribution in [2.24, 2.45) is 0 Å². The summed E-state index contributed by atoms with van der Waals surface area (Å²) in [5.41, 5.74) is -0.817. The van der Waals surface area contributed by atoms with Gasteiger partial charge in [0, 0.05) is 11.6 Å². The van der Waals surface area contributed by atoms with Crippen LogP contribution in [0.25, 0.3) is 0 Å². The molecule has 2 aromatic rings. The van der Waals surface area contributed by atoms with Gasteiger partial charge in [-0.1, -0.05) is 0 Å². The van der Waals surface area contributed by atoms with E-state index in [0.29, 0.717) is 4.60 Å². The van der Waals surface area contributed by atoms with E-state index in [1.165, 1.54) is 12.4 Å². The van der Waals surface area contributed by atoms with Crippen LogP contribution in [0.1, 0.15) is 10.4 Å². The summed E-state index contributed by atoms with van der Waals surface area (Å²) < 4.78 is 13.6. The van der Waals surface area contributed by atoms with E-state index >= 15 is 0 Å². The fourth-order valence-corrected chi connectivity index (χ4v) is 1.56. The van der Waals surface area contributed by atoms with Gasteiger partial charge in [0.2, 0.25) is 5.82 Å². The highest BCUT2D eigenvalue weighted by Gasteiger charge is 2.17. The molecule has 102 valence electrons. The average Bonchev–Trinajstić information content (AvgIpc) is 2.41. The number of rotatable bonds is 3. The van der Waals surface area contributed by atoms with Gasteiger partial charge >= 0.3 is 5.69 Å². The van der Waals surface area contributed by atoms with Gasteiger partial charge in [-0.2, -0.15) is 4.39 Å². The normalized spacial score (nSPS) is 10.1. The number of amides is 1. The Labute approximate surface area is 120 Å². The van der Waals surface area contributed by atoms with E-state index in [-0.39, 0.29) is 11.4 Å². The van der Waals surface area contributed by atoms with Crippen LogP contribution in [0.3, 0.4) is 0 Å². The number of nitro groups is 1. The number of hydrogen-bond acceptors (Lipinski definition) is 5. The standard InChI is InChI=1S/C11H6BrFN4O3/c12-9-4-15-10(5-14-9)16-11(18)6-1-2-7(13)8(3-6)17(19)20/h1-5H,(H,15,16,18). The van der Waals surface area contributed by atoms with E-state index in [4.69, 9.17) is 0 Å². The van der Waals surface area contributed by atoms with E-state index < -0.39 is 22.3 Å². The highest BCUT2D eigenvalue weighted by molar-refractivity contribution is 9.10. The largest absolute Gasteiger partial charge is 0.305 e. The molecule has 0 unspecified atom stereocenters. The number of hydrogen-bond donors (Lipinski definition) is 1. The Bertz CT molecular complexity index is 678. The van der Waals surface area contributed by atoms with Gasteiger partial charge in [-0.25, -0.2) is 9.97 Å². The molecule has 1 amide bonds. The van der Waals surface area contributed by atoms with Gasteiger partial charge in [-0.3, -0.25) is 14.9 Å². The Morgan fingerprint density at radius 3 is 2.70 bits per heavy atom. The highest BCUT2D eigenvalue weighted by Crippen LogP contribution is 2.19. The van der Waals surface area contributed by atoms with Crippen LogP contribution in [0.5, 0.6) is 0 Å². The molecule has 0 aliphatic rings. The van der Waals surface area contributed by atoms with Crippen molar-refractivity contribution >= 4 is 33.3 Å². The minimum atomic E-state index is -1.00. The predicted molar refractivity (Wildman–Crippen MR) is 70.7 cm³/mol. The number of nitrogens with zero attached hydrogens (tertiary/aromatic N) is 3. The lowest BCUT2D eigenvalue weighted by Gasteiger charge is -2.04. The molecule has 1 heterocycles. The minimum Gasteiger partial charge on any atom is -0.305 e. The molecule has 7 nitrogen and oxygen atoms in total. The van der Waals surface area contributed by atoms with Crippen molar-refractivity contribution in [3.8, 4) is 0 Å². The van der Waals surface area contributed by atoms with Crippen LogP contribution in [0.2, 0.25) is 0 Å². The second kappa shape index (κ2) is 5.70. The number of benzene rings is 1. The van der Waals surface area contributed by atoms with Crippen LogP contribution in [-0.2, 0) is 0 Å². The summed E-state index contributed by atoms with van der Waals surface area (Å²) in [5.74, 6) is -1.48. The zero-order valence-corrected chi connectivity index (χ0v) is 11.3. The summed E-state index contributed by atoms with van der Waals surface area (Å²) in [4.78, 5) is 29.3. The first kappa shape index (κ1) is 14.0. The smallest absolute Gasteiger partial charge is 0.305 e. The summed E-state index contributed by atoms with van der Waals surface area (Å²) in [6.07, 6.45) is 2.68. The maximum Gasteiger partial charge on any atom is 0.305 e. The van der Waals surface area contributed by atoms with Crippen molar-refractivity contribution in [1.29, 1.82) is 0 Å². The summed E-state index contributed by atoms with van der Waals surface area (Å²) >= 11 is 3.09. The summed E-state index contributed by atoms with van der Waals surface area (Å²) in [6.45, 7) is 0. The predicted octanol–water partition coefficient (Wildman–Crippen LogP) is 2.54. The molecule has 0 saturated heterocycles. The summed E-state index contributed by atoms with van der Waals surface area (Å²) in [5, 5.41) is 13.0. The molecule has 9 heteroatoms. The molecule has 0 radical (unpaired) electrons. The Balaban J connectivity index is 2.23. The third-order valence-electron chi connectivity index (χ3n) is 2.27. The van der Waals surface area contributed by atoms with E-state index in [9.17, 15) is 19.3 Å². The molecular formula is C11H6BrFN4O3. The maximum absolute atomic E-state index is 13.2. The number of carbonyl (C=O) groups is 1. The van der Waals surface area contributed by atoms with Crippen molar-refractivity contribution in [2.45, 2.75) is 0 Å². The molecule has 0 saturated carbocycles. The fourth-order valence-electron chi connectivity index (χ4n) is 1.36. The fraction of sp³-hybridized carbons (Fsp3) is 0. The number of aromatic nitrogens is 2. The topological polar surface area (TPSA) is 98.0 Å². The maximum atomic E-state index is 13.2. The van der Waals surface area contributed by atoms with Crippen molar-refractivity contribution in [2.75, 3.05) is 5.32 Å². The van der Waals surface area contributed by atoms with Crippen LogP contribution >= 0.6 is 15.9 Å². The number of nitrogens with one attached hydrogen (secondary N) is 1. The molecule has 20 heavy (non-hydrogen) atoms. The number of nitro benzene ring substituents is 1. The minimum absolute atomic E-state index is 0.0529. The van der Waals surface area contributed by atoms with Gasteiger partial charge in [0.25, 0.3) is 5.91 Å². The Morgan fingerprint density at radius 1 is 1.35 bits per heavy atom. The Kier molecular flexibility index (Phi) is 3.99. The first-order valence-electron chi connectivity index (χ1n) is 5.20. The second-order valence-electron chi connectivity index (χ2n) is 3.60. The lowest BCUT2D eigenvalue weighted by molar-refractivity contribution is -0.387. The van der Waals surface area contributed by atoms with E-state index in [0.717, 1.165) is 18.2 Å². The van der Waals surface area contributed by atoms with Crippen LogP contribution in [0, 0.1) is 15.9 Å². The SMILES string of the molecule is O=C(Nc1cnc(Br)cn1)c1ccc(F)c([N+](=O)[O-])c1. The molecule has 0 aliphatic heterocycles. The molecule has 0 bridgehead atoms. The van der Waals surface area contributed by atoms with Crippen LogP contribution < -0.4 is 5.32 Å². The first-order valence-corrected chi connectivity index (χ1v) is 5.99. The quantitative estimate of drug-likeness (QED) is 0.683. The first-order chi connectivity index (χ1) is 9.47. The third kappa shape index (κ3) is 3.12.